The van der Waals surface area contributed by atoms with Gasteiger partial charge in [-0.3, -0.25) is 0 Å². The number of rotatable bonds is 4. The highest BCUT2D eigenvalue weighted by Gasteiger charge is 2.22. The zero-order valence-corrected chi connectivity index (χ0v) is 14.6. The monoisotopic (exact) mass is 338 g/mol. The smallest absolute Gasteiger partial charge is 0.227 e. The molecular formula is C17H22N8. The summed E-state index contributed by atoms with van der Waals surface area (Å²) in [5.74, 6) is 2.64. The second kappa shape index (κ2) is 6.54. The highest BCUT2D eigenvalue weighted by Crippen LogP contribution is 2.22. The summed E-state index contributed by atoms with van der Waals surface area (Å²) in [6, 6.07) is 3.98. The van der Waals surface area contributed by atoms with Crippen molar-refractivity contribution in [2.75, 3.05) is 47.8 Å². The highest BCUT2D eigenvalue weighted by molar-refractivity contribution is 5.69. The lowest BCUT2D eigenvalue weighted by Crippen LogP contribution is -2.47. The standard InChI is InChI=1S/C17H22N8/c1-3-18-15-4-5-20-17(21-15)24-10-8-23(9-11-24)16-14-12-13(2)22-25(14)7-6-19-16/h4-7,12H,3,8-11H2,1-2H3,(H,18,20,21). The molecule has 0 unspecified atom stereocenters. The van der Waals surface area contributed by atoms with Gasteiger partial charge in [-0.05, 0) is 26.0 Å². The summed E-state index contributed by atoms with van der Waals surface area (Å²) in [7, 11) is 0. The molecule has 1 fully saturated rings. The van der Waals surface area contributed by atoms with Crippen LogP contribution in [0, 0.1) is 6.92 Å². The zero-order valence-electron chi connectivity index (χ0n) is 14.6. The van der Waals surface area contributed by atoms with Crippen LogP contribution in [-0.2, 0) is 0 Å². The normalized spacial score (nSPS) is 15.0. The topological polar surface area (TPSA) is 74.5 Å². The van der Waals surface area contributed by atoms with Crippen LogP contribution < -0.4 is 15.1 Å². The predicted octanol–water partition coefficient (Wildman–Crippen LogP) is 1.59. The summed E-state index contributed by atoms with van der Waals surface area (Å²) in [6.45, 7) is 8.41. The van der Waals surface area contributed by atoms with E-state index in [9.17, 15) is 0 Å². The first kappa shape index (κ1) is 15.6. The average molecular weight is 338 g/mol. The fourth-order valence-corrected chi connectivity index (χ4v) is 3.17. The molecule has 0 saturated carbocycles. The van der Waals surface area contributed by atoms with Gasteiger partial charge in [0.15, 0.2) is 5.82 Å². The molecule has 4 rings (SSSR count). The molecule has 0 aliphatic carbocycles. The molecule has 0 bridgehead atoms. The van der Waals surface area contributed by atoms with E-state index < -0.39 is 0 Å². The third kappa shape index (κ3) is 3.07. The molecule has 8 nitrogen and oxygen atoms in total. The Morgan fingerprint density at radius 2 is 1.88 bits per heavy atom. The maximum absolute atomic E-state index is 4.59. The van der Waals surface area contributed by atoms with Crippen LogP contribution in [0.25, 0.3) is 5.52 Å². The van der Waals surface area contributed by atoms with Crippen molar-refractivity contribution in [1.29, 1.82) is 0 Å². The fraction of sp³-hybridized carbons (Fsp3) is 0.412. The molecule has 0 aromatic carbocycles. The van der Waals surface area contributed by atoms with E-state index in [-0.39, 0.29) is 0 Å². The fourth-order valence-electron chi connectivity index (χ4n) is 3.17. The van der Waals surface area contributed by atoms with Gasteiger partial charge in [0.2, 0.25) is 5.95 Å². The number of nitrogens with one attached hydrogen (secondary N) is 1. The Bertz CT molecular complexity index is 866. The van der Waals surface area contributed by atoms with Crippen molar-refractivity contribution in [3.8, 4) is 0 Å². The Hall–Kier alpha value is -2.90. The van der Waals surface area contributed by atoms with Crippen LogP contribution in [0.5, 0.6) is 0 Å². The Morgan fingerprint density at radius 3 is 2.68 bits per heavy atom. The number of anilines is 3. The predicted molar refractivity (Wildman–Crippen MR) is 98.3 cm³/mol. The Morgan fingerprint density at radius 1 is 1.08 bits per heavy atom. The zero-order chi connectivity index (χ0) is 17.2. The number of fused-ring (bicyclic) bond motifs is 1. The van der Waals surface area contributed by atoms with Crippen LogP contribution in [0.1, 0.15) is 12.6 Å². The maximum atomic E-state index is 4.59. The summed E-state index contributed by atoms with van der Waals surface area (Å²) >= 11 is 0. The maximum Gasteiger partial charge on any atom is 0.227 e. The SMILES string of the molecule is CCNc1ccnc(N2CCN(c3nccn4nc(C)cc34)CC2)n1. The van der Waals surface area contributed by atoms with Gasteiger partial charge < -0.3 is 15.1 Å². The molecule has 1 N–H and O–H groups in total. The molecule has 1 saturated heterocycles. The Kier molecular flexibility index (Phi) is 4.09. The van der Waals surface area contributed by atoms with Crippen molar-refractivity contribution in [2.45, 2.75) is 13.8 Å². The molecule has 8 heteroatoms. The second-order valence-electron chi connectivity index (χ2n) is 6.11. The van der Waals surface area contributed by atoms with Gasteiger partial charge in [-0.15, -0.1) is 0 Å². The minimum atomic E-state index is 0.782. The molecule has 0 radical (unpaired) electrons. The van der Waals surface area contributed by atoms with Gasteiger partial charge in [0.25, 0.3) is 0 Å². The third-order valence-electron chi connectivity index (χ3n) is 4.35. The van der Waals surface area contributed by atoms with E-state index in [4.69, 9.17) is 0 Å². The summed E-state index contributed by atoms with van der Waals surface area (Å²) in [5.41, 5.74) is 2.06. The number of aryl methyl sites for hydroxylation is 1. The molecule has 0 spiro atoms. The molecule has 0 atom stereocenters. The van der Waals surface area contributed by atoms with E-state index in [1.165, 1.54) is 0 Å². The van der Waals surface area contributed by atoms with Crippen LogP contribution in [0.2, 0.25) is 0 Å². The van der Waals surface area contributed by atoms with Crippen LogP contribution in [0.3, 0.4) is 0 Å². The molecule has 1 aliphatic rings. The van der Waals surface area contributed by atoms with Crippen molar-refractivity contribution in [3.05, 3.63) is 36.4 Å². The van der Waals surface area contributed by atoms with Crippen molar-refractivity contribution >= 4 is 23.1 Å². The van der Waals surface area contributed by atoms with Crippen LogP contribution >= 0.6 is 0 Å². The largest absolute Gasteiger partial charge is 0.370 e. The quantitative estimate of drug-likeness (QED) is 0.774. The number of piperazine rings is 1. The summed E-state index contributed by atoms with van der Waals surface area (Å²) in [4.78, 5) is 18.1. The third-order valence-corrected chi connectivity index (χ3v) is 4.35. The summed E-state index contributed by atoms with van der Waals surface area (Å²) in [6.07, 6.45) is 5.51. The molecule has 25 heavy (non-hydrogen) atoms. The van der Waals surface area contributed by atoms with Crippen molar-refractivity contribution in [1.82, 2.24) is 24.6 Å². The van der Waals surface area contributed by atoms with Gasteiger partial charge in [-0.25, -0.2) is 14.5 Å². The number of hydrogen-bond donors (Lipinski definition) is 1. The minimum Gasteiger partial charge on any atom is -0.370 e. The molecule has 3 aromatic heterocycles. The Balaban J connectivity index is 1.50. The van der Waals surface area contributed by atoms with Crippen molar-refractivity contribution in [2.24, 2.45) is 0 Å². The Labute approximate surface area is 146 Å². The van der Waals surface area contributed by atoms with Gasteiger partial charge in [0.1, 0.15) is 11.3 Å². The molecule has 130 valence electrons. The first-order valence-corrected chi connectivity index (χ1v) is 8.62. The van der Waals surface area contributed by atoms with Crippen molar-refractivity contribution in [3.63, 3.8) is 0 Å². The van der Waals surface area contributed by atoms with Crippen LogP contribution in [0.4, 0.5) is 17.6 Å². The molecule has 4 heterocycles. The van der Waals surface area contributed by atoms with Gasteiger partial charge in [0.05, 0.1) is 5.69 Å². The van der Waals surface area contributed by atoms with Crippen molar-refractivity contribution < 1.29 is 0 Å². The van der Waals surface area contributed by atoms with Gasteiger partial charge in [-0.2, -0.15) is 10.1 Å². The van der Waals surface area contributed by atoms with E-state index in [0.29, 0.717) is 0 Å². The van der Waals surface area contributed by atoms with E-state index in [2.05, 4.69) is 48.2 Å². The summed E-state index contributed by atoms with van der Waals surface area (Å²) < 4.78 is 1.90. The lowest BCUT2D eigenvalue weighted by atomic mass is 10.3. The molecule has 0 amide bonds. The van der Waals surface area contributed by atoms with E-state index in [1.54, 1.807) is 0 Å². The minimum absolute atomic E-state index is 0.782. The van der Waals surface area contributed by atoms with Crippen LogP contribution in [-0.4, -0.2) is 57.3 Å². The molecule has 1 aliphatic heterocycles. The van der Waals surface area contributed by atoms with E-state index in [1.807, 2.05) is 36.1 Å². The number of nitrogens with zero attached hydrogens (tertiary/aromatic N) is 7. The van der Waals surface area contributed by atoms with E-state index in [0.717, 1.165) is 61.5 Å². The summed E-state index contributed by atoms with van der Waals surface area (Å²) in [5, 5.41) is 7.71. The second-order valence-corrected chi connectivity index (χ2v) is 6.11. The highest BCUT2D eigenvalue weighted by atomic mass is 15.3. The first-order chi connectivity index (χ1) is 12.2. The van der Waals surface area contributed by atoms with Crippen LogP contribution in [0.15, 0.2) is 30.7 Å². The average Bonchev–Trinajstić information content (AvgIpc) is 3.02. The lowest BCUT2D eigenvalue weighted by Gasteiger charge is -2.35. The van der Waals surface area contributed by atoms with Gasteiger partial charge in [0, 0.05) is 51.3 Å². The van der Waals surface area contributed by atoms with E-state index >= 15 is 0 Å². The lowest BCUT2D eigenvalue weighted by molar-refractivity contribution is 0.635. The number of hydrogen-bond acceptors (Lipinski definition) is 7. The molecular weight excluding hydrogens is 316 g/mol. The first-order valence-electron chi connectivity index (χ1n) is 8.62. The number of aromatic nitrogens is 5. The van der Waals surface area contributed by atoms with Gasteiger partial charge in [-0.1, -0.05) is 0 Å². The van der Waals surface area contributed by atoms with Gasteiger partial charge >= 0.3 is 0 Å². The molecule has 3 aromatic rings.